The molecule has 1 atom stereocenters. The number of carbonyl (C=O) groups excluding carboxylic acids is 2. The van der Waals surface area contributed by atoms with Gasteiger partial charge in [-0.3, -0.25) is 9.59 Å². The van der Waals surface area contributed by atoms with Crippen molar-refractivity contribution < 1.29 is 14.7 Å². The van der Waals surface area contributed by atoms with E-state index < -0.39 is 17.7 Å². The smallest absolute Gasteiger partial charge is 0.295 e. The lowest BCUT2D eigenvalue weighted by Gasteiger charge is -2.28. The number of benzene rings is 2. The number of ketones is 1. The number of carbonyl (C=O) groups is 2. The topological polar surface area (TPSA) is 60.9 Å². The number of aliphatic hydroxyl groups excluding tert-OH is 1. The van der Waals surface area contributed by atoms with Crippen molar-refractivity contribution in [2.24, 2.45) is 0 Å². The van der Waals surface area contributed by atoms with E-state index >= 15 is 0 Å². The Bertz CT molecular complexity index is 953. The fraction of sp³-hybridized carbons (Fsp3) is 0.304. The number of aliphatic hydroxyl groups is 1. The summed E-state index contributed by atoms with van der Waals surface area (Å²) in [5.41, 5.74) is 1.32. The van der Waals surface area contributed by atoms with Crippen molar-refractivity contribution in [3.8, 4) is 0 Å². The molecule has 1 aliphatic rings. The molecule has 1 saturated heterocycles. The second-order valence-electron chi connectivity index (χ2n) is 7.08. The molecule has 2 aromatic rings. The summed E-state index contributed by atoms with van der Waals surface area (Å²) in [7, 11) is 0. The maximum absolute atomic E-state index is 13.0. The Labute approximate surface area is 190 Å². The van der Waals surface area contributed by atoms with Gasteiger partial charge in [-0.15, -0.1) is 0 Å². The molecule has 5 nitrogen and oxygen atoms in total. The standard InChI is InChI=1S/C23H24BrClN2O3/c1-3-26(4-2)13-14-27-20(15-5-9-17(24)10-6-15)19(22(29)23(27)30)21(28)16-7-11-18(25)12-8-16/h5-12,20,28H,3-4,13-14H2,1-2H3/t20-/m0/s1. The van der Waals surface area contributed by atoms with Gasteiger partial charge in [0, 0.05) is 28.1 Å². The summed E-state index contributed by atoms with van der Waals surface area (Å²) in [6, 6.07) is 13.4. The number of rotatable bonds is 7. The van der Waals surface area contributed by atoms with Crippen molar-refractivity contribution in [2.75, 3.05) is 26.2 Å². The first kappa shape index (κ1) is 22.5. The molecule has 2 aromatic carbocycles. The lowest BCUT2D eigenvalue weighted by molar-refractivity contribution is -0.140. The van der Waals surface area contributed by atoms with Crippen LogP contribution in [-0.2, 0) is 9.59 Å². The van der Waals surface area contributed by atoms with Crippen molar-refractivity contribution in [2.45, 2.75) is 19.9 Å². The minimum absolute atomic E-state index is 0.101. The van der Waals surface area contributed by atoms with E-state index in [1.807, 2.05) is 24.3 Å². The van der Waals surface area contributed by atoms with Crippen molar-refractivity contribution in [3.05, 3.63) is 74.7 Å². The highest BCUT2D eigenvalue weighted by molar-refractivity contribution is 9.10. The van der Waals surface area contributed by atoms with Crippen LogP contribution in [0.25, 0.3) is 5.76 Å². The average molecular weight is 492 g/mol. The molecule has 1 N–H and O–H groups in total. The maximum atomic E-state index is 13.0. The summed E-state index contributed by atoms with van der Waals surface area (Å²) in [4.78, 5) is 29.7. The second-order valence-corrected chi connectivity index (χ2v) is 8.43. The molecule has 0 radical (unpaired) electrons. The third-order valence-corrected chi connectivity index (χ3v) is 6.18. The van der Waals surface area contributed by atoms with E-state index in [1.54, 1.807) is 29.2 Å². The predicted octanol–water partition coefficient (Wildman–Crippen LogP) is 4.87. The molecule has 0 spiro atoms. The van der Waals surface area contributed by atoms with Crippen molar-refractivity contribution >= 4 is 45.0 Å². The van der Waals surface area contributed by atoms with Crippen LogP contribution in [0.5, 0.6) is 0 Å². The number of likely N-dealkylation sites (N-methyl/N-ethyl adjacent to an activating group) is 1. The molecule has 158 valence electrons. The van der Waals surface area contributed by atoms with Crippen LogP contribution in [0.15, 0.2) is 58.6 Å². The third-order valence-electron chi connectivity index (χ3n) is 5.39. The van der Waals surface area contributed by atoms with E-state index in [2.05, 4.69) is 34.7 Å². The molecule has 1 heterocycles. The van der Waals surface area contributed by atoms with Crippen molar-refractivity contribution in [3.63, 3.8) is 0 Å². The summed E-state index contributed by atoms with van der Waals surface area (Å²) in [5.74, 6) is -1.45. The third kappa shape index (κ3) is 4.61. The predicted molar refractivity (Wildman–Crippen MR) is 122 cm³/mol. The number of halogens is 2. The van der Waals surface area contributed by atoms with E-state index in [-0.39, 0.29) is 11.3 Å². The molecule has 0 aromatic heterocycles. The lowest BCUT2D eigenvalue weighted by atomic mass is 9.95. The fourth-order valence-electron chi connectivity index (χ4n) is 3.65. The molecule has 0 bridgehead atoms. The van der Waals surface area contributed by atoms with E-state index in [9.17, 15) is 14.7 Å². The zero-order valence-corrected chi connectivity index (χ0v) is 19.3. The molecule has 3 rings (SSSR count). The Morgan fingerprint density at radius 3 is 2.23 bits per heavy atom. The Kier molecular flexibility index (Phi) is 7.34. The number of amides is 1. The monoisotopic (exact) mass is 490 g/mol. The van der Waals surface area contributed by atoms with Gasteiger partial charge < -0.3 is 14.9 Å². The Hall–Kier alpha value is -2.15. The highest BCUT2D eigenvalue weighted by Gasteiger charge is 2.45. The maximum Gasteiger partial charge on any atom is 0.295 e. The largest absolute Gasteiger partial charge is 0.507 e. The minimum atomic E-state index is -0.671. The van der Waals surface area contributed by atoms with Crippen LogP contribution in [0.1, 0.15) is 31.0 Å². The molecular weight excluding hydrogens is 468 g/mol. The average Bonchev–Trinajstić information content (AvgIpc) is 3.00. The van der Waals surface area contributed by atoms with Crippen LogP contribution in [0.2, 0.25) is 5.02 Å². The van der Waals surface area contributed by atoms with Crippen LogP contribution in [-0.4, -0.2) is 52.8 Å². The summed E-state index contributed by atoms with van der Waals surface area (Å²) in [5, 5.41) is 11.5. The SMILES string of the molecule is CCN(CC)CCN1C(=O)C(=O)C(=C(O)c2ccc(Cl)cc2)[C@@H]1c1ccc(Br)cc1. The fourth-order valence-corrected chi connectivity index (χ4v) is 4.04. The molecule has 7 heteroatoms. The van der Waals surface area contributed by atoms with Crippen LogP contribution in [0.4, 0.5) is 0 Å². The Morgan fingerprint density at radius 2 is 1.67 bits per heavy atom. The van der Waals surface area contributed by atoms with E-state index in [0.29, 0.717) is 23.7 Å². The number of nitrogens with zero attached hydrogens (tertiary/aromatic N) is 2. The minimum Gasteiger partial charge on any atom is -0.507 e. The first-order valence-electron chi connectivity index (χ1n) is 9.89. The number of hydrogen-bond donors (Lipinski definition) is 1. The van der Waals surface area contributed by atoms with Gasteiger partial charge in [0.15, 0.2) is 0 Å². The molecule has 0 saturated carbocycles. The Morgan fingerprint density at radius 1 is 1.07 bits per heavy atom. The molecule has 1 amide bonds. The van der Waals surface area contributed by atoms with E-state index in [0.717, 1.165) is 23.1 Å². The van der Waals surface area contributed by atoms with Gasteiger partial charge in [0.2, 0.25) is 0 Å². The zero-order valence-electron chi connectivity index (χ0n) is 16.9. The second kappa shape index (κ2) is 9.77. The van der Waals surface area contributed by atoms with Gasteiger partial charge >= 0.3 is 0 Å². The van der Waals surface area contributed by atoms with Crippen LogP contribution in [0.3, 0.4) is 0 Å². The van der Waals surface area contributed by atoms with Gasteiger partial charge in [-0.2, -0.15) is 0 Å². The van der Waals surface area contributed by atoms with Crippen LogP contribution >= 0.6 is 27.5 Å². The summed E-state index contributed by atoms with van der Waals surface area (Å²) in [6.45, 7) is 6.87. The first-order valence-corrected chi connectivity index (χ1v) is 11.1. The van der Waals surface area contributed by atoms with Gasteiger partial charge in [0.25, 0.3) is 11.7 Å². The van der Waals surface area contributed by atoms with Gasteiger partial charge in [-0.25, -0.2) is 0 Å². The van der Waals surface area contributed by atoms with Gasteiger partial charge in [-0.05, 0) is 55.1 Å². The summed E-state index contributed by atoms with van der Waals surface area (Å²) >= 11 is 9.37. The zero-order chi connectivity index (χ0) is 21.8. The number of Topliss-reactive ketones (excluding diaryl/α,β-unsaturated/α-hetero) is 1. The molecule has 0 aliphatic carbocycles. The van der Waals surface area contributed by atoms with Gasteiger partial charge in [-0.1, -0.05) is 53.5 Å². The van der Waals surface area contributed by atoms with Gasteiger partial charge in [0.05, 0.1) is 11.6 Å². The molecular formula is C23H24BrClN2O3. The molecule has 0 unspecified atom stereocenters. The van der Waals surface area contributed by atoms with Crippen molar-refractivity contribution in [1.29, 1.82) is 0 Å². The molecule has 30 heavy (non-hydrogen) atoms. The first-order chi connectivity index (χ1) is 14.4. The van der Waals surface area contributed by atoms with Gasteiger partial charge in [0.1, 0.15) is 5.76 Å². The quantitative estimate of drug-likeness (QED) is 0.341. The lowest BCUT2D eigenvalue weighted by Crippen LogP contribution is -2.38. The molecule has 1 aliphatic heterocycles. The summed E-state index contributed by atoms with van der Waals surface area (Å²) in [6.07, 6.45) is 0. The van der Waals surface area contributed by atoms with Crippen LogP contribution < -0.4 is 0 Å². The number of hydrogen-bond acceptors (Lipinski definition) is 4. The van der Waals surface area contributed by atoms with Crippen LogP contribution in [0, 0.1) is 0 Å². The molecule has 1 fully saturated rings. The highest BCUT2D eigenvalue weighted by Crippen LogP contribution is 2.39. The number of likely N-dealkylation sites (tertiary alicyclic amines) is 1. The van der Waals surface area contributed by atoms with Crippen molar-refractivity contribution in [1.82, 2.24) is 9.80 Å². The van der Waals surface area contributed by atoms with E-state index in [1.165, 1.54) is 0 Å². The highest BCUT2D eigenvalue weighted by atomic mass is 79.9. The van der Waals surface area contributed by atoms with E-state index in [4.69, 9.17) is 11.6 Å². The Balaban J connectivity index is 2.08. The normalized spacial score (nSPS) is 18.4. The summed E-state index contributed by atoms with van der Waals surface area (Å²) < 4.78 is 0.893.